The maximum atomic E-state index is 11.9. The van der Waals surface area contributed by atoms with Gasteiger partial charge in [-0.25, -0.2) is 0 Å². The van der Waals surface area contributed by atoms with Crippen molar-refractivity contribution in [3.05, 3.63) is 0 Å². The summed E-state index contributed by atoms with van der Waals surface area (Å²) in [5, 5.41) is 29.0. The predicted octanol–water partition coefficient (Wildman–Crippen LogP) is 0.172. The number of aliphatic hydroxyl groups is 3. The molecule has 0 saturated heterocycles. The van der Waals surface area contributed by atoms with Crippen molar-refractivity contribution >= 4 is 5.97 Å². The van der Waals surface area contributed by atoms with Crippen molar-refractivity contribution < 1.29 is 24.9 Å². The van der Waals surface area contributed by atoms with Crippen LogP contribution in [-0.2, 0) is 9.53 Å². The van der Waals surface area contributed by atoms with Crippen LogP contribution in [0.2, 0.25) is 0 Å². The van der Waals surface area contributed by atoms with E-state index >= 15 is 0 Å². The quantitative estimate of drug-likeness (QED) is 0.621. The smallest absolute Gasteiger partial charge is 0.309 e. The molecule has 7 unspecified atom stereocenters. The summed E-state index contributed by atoms with van der Waals surface area (Å²) >= 11 is 0. The number of hydrogen-bond acceptors (Lipinski definition) is 5. The second-order valence-corrected chi connectivity index (χ2v) is 5.96. The van der Waals surface area contributed by atoms with Gasteiger partial charge in [0.05, 0.1) is 12.0 Å². The molecule has 0 amide bonds. The molecule has 5 heteroatoms. The van der Waals surface area contributed by atoms with Crippen LogP contribution in [-0.4, -0.2) is 46.7 Å². The highest BCUT2D eigenvalue weighted by molar-refractivity contribution is 5.72. The monoisotopic (exact) mass is 272 g/mol. The average Bonchev–Trinajstić information content (AvgIpc) is 2.93. The van der Waals surface area contributed by atoms with Crippen LogP contribution >= 0.6 is 0 Å². The zero-order valence-electron chi connectivity index (χ0n) is 11.5. The second-order valence-electron chi connectivity index (χ2n) is 5.96. The van der Waals surface area contributed by atoms with E-state index in [1.165, 1.54) is 0 Å². The van der Waals surface area contributed by atoms with Gasteiger partial charge < -0.3 is 20.1 Å². The van der Waals surface area contributed by atoms with Gasteiger partial charge >= 0.3 is 5.97 Å². The lowest BCUT2D eigenvalue weighted by atomic mass is 9.77. The lowest BCUT2D eigenvalue weighted by Crippen LogP contribution is -2.47. The van der Waals surface area contributed by atoms with Crippen LogP contribution in [0.1, 0.15) is 26.7 Å². The lowest BCUT2D eigenvalue weighted by molar-refractivity contribution is -0.169. The number of fused-ring (bicyclic) bond motifs is 2. The Bertz CT molecular complexity index is 330. The van der Waals surface area contributed by atoms with Crippen molar-refractivity contribution in [3.8, 4) is 0 Å². The fraction of sp³-hybridized carbons (Fsp3) is 0.929. The highest BCUT2D eigenvalue weighted by Crippen LogP contribution is 2.53. The first kappa shape index (κ1) is 14.8. The third-order valence-electron chi connectivity index (χ3n) is 5.08. The van der Waals surface area contributed by atoms with Gasteiger partial charge in [-0.3, -0.25) is 4.79 Å². The topological polar surface area (TPSA) is 87.0 Å². The van der Waals surface area contributed by atoms with E-state index in [0.29, 0.717) is 6.42 Å². The fourth-order valence-corrected chi connectivity index (χ4v) is 3.68. The van der Waals surface area contributed by atoms with Crippen LogP contribution in [0.15, 0.2) is 0 Å². The number of aliphatic hydroxyl groups excluding tert-OH is 3. The summed E-state index contributed by atoms with van der Waals surface area (Å²) in [7, 11) is 0. The van der Waals surface area contributed by atoms with E-state index in [9.17, 15) is 20.1 Å². The molecule has 2 saturated carbocycles. The molecule has 2 bridgehead atoms. The first-order valence-electron chi connectivity index (χ1n) is 7.15. The molecule has 0 heterocycles. The number of esters is 1. The summed E-state index contributed by atoms with van der Waals surface area (Å²) in [5.41, 5.74) is 0. The zero-order chi connectivity index (χ0) is 14.2. The normalized spacial score (nSPS) is 42.4. The third kappa shape index (κ3) is 2.39. The lowest BCUT2D eigenvalue weighted by Gasteiger charge is -2.37. The summed E-state index contributed by atoms with van der Waals surface area (Å²) in [4.78, 5) is 11.9. The molecule has 0 aliphatic heterocycles. The Kier molecular flexibility index (Phi) is 4.48. The number of carbonyl (C=O) groups is 1. The van der Waals surface area contributed by atoms with Gasteiger partial charge in [0.1, 0.15) is 6.10 Å². The minimum absolute atomic E-state index is 0.0313. The Morgan fingerprint density at radius 3 is 2.37 bits per heavy atom. The van der Waals surface area contributed by atoms with Gasteiger partial charge in [0, 0.05) is 19.1 Å². The van der Waals surface area contributed by atoms with Crippen molar-refractivity contribution in [3.63, 3.8) is 0 Å². The molecule has 110 valence electrons. The van der Waals surface area contributed by atoms with Gasteiger partial charge in [0.15, 0.2) is 0 Å². The third-order valence-corrected chi connectivity index (χ3v) is 5.08. The van der Waals surface area contributed by atoms with E-state index in [4.69, 9.17) is 4.74 Å². The molecule has 2 fully saturated rings. The number of carbonyl (C=O) groups excluding carboxylic acids is 1. The fourth-order valence-electron chi connectivity index (χ4n) is 3.68. The molecule has 7 atom stereocenters. The van der Waals surface area contributed by atoms with Crippen LogP contribution < -0.4 is 0 Å². The number of rotatable bonds is 5. The largest absolute Gasteiger partial charge is 0.459 e. The molecule has 0 aromatic heterocycles. The summed E-state index contributed by atoms with van der Waals surface area (Å²) in [5.74, 6) is -0.711. The molecule has 0 spiro atoms. The van der Waals surface area contributed by atoms with E-state index in [0.717, 1.165) is 6.42 Å². The highest BCUT2D eigenvalue weighted by atomic mass is 16.6. The summed E-state index contributed by atoms with van der Waals surface area (Å²) in [6.45, 7) is 3.66. The summed E-state index contributed by atoms with van der Waals surface area (Å²) in [6, 6.07) is 0. The minimum Gasteiger partial charge on any atom is -0.459 e. The van der Waals surface area contributed by atoms with E-state index < -0.39 is 12.2 Å². The maximum Gasteiger partial charge on any atom is 0.309 e. The molecule has 0 aromatic rings. The Hall–Kier alpha value is -0.650. The first-order valence-corrected chi connectivity index (χ1v) is 7.15. The molecular formula is C14H24O5. The predicted molar refractivity (Wildman–Crippen MR) is 68.1 cm³/mol. The molecular weight excluding hydrogens is 248 g/mol. The van der Waals surface area contributed by atoms with Gasteiger partial charge in [-0.15, -0.1) is 0 Å². The van der Waals surface area contributed by atoms with Crippen molar-refractivity contribution in [1.29, 1.82) is 0 Å². The minimum atomic E-state index is -0.710. The van der Waals surface area contributed by atoms with Crippen LogP contribution in [0.4, 0.5) is 0 Å². The molecule has 0 aromatic carbocycles. The Morgan fingerprint density at radius 1 is 1.26 bits per heavy atom. The van der Waals surface area contributed by atoms with E-state index in [1.54, 1.807) is 0 Å². The molecule has 0 radical (unpaired) electrons. The van der Waals surface area contributed by atoms with Crippen molar-refractivity contribution in [2.75, 3.05) is 13.2 Å². The van der Waals surface area contributed by atoms with Gasteiger partial charge in [-0.2, -0.15) is 0 Å². The van der Waals surface area contributed by atoms with Crippen LogP contribution in [0.3, 0.4) is 0 Å². The Morgan fingerprint density at radius 2 is 1.84 bits per heavy atom. The van der Waals surface area contributed by atoms with Crippen LogP contribution in [0.25, 0.3) is 0 Å². The van der Waals surface area contributed by atoms with Crippen LogP contribution in [0, 0.1) is 29.6 Å². The molecule has 2 aliphatic rings. The SMILES string of the molecule is CCC(C)C(=O)OC1C(O)C2CC1C(CO)C2CO. The molecule has 19 heavy (non-hydrogen) atoms. The zero-order valence-corrected chi connectivity index (χ0v) is 11.5. The van der Waals surface area contributed by atoms with Crippen molar-refractivity contribution in [1.82, 2.24) is 0 Å². The maximum absolute atomic E-state index is 11.9. The van der Waals surface area contributed by atoms with E-state index in [1.807, 2.05) is 13.8 Å². The molecule has 5 nitrogen and oxygen atoms in total. The Labute approximate surface area is 113 Å². The Balaban J connectivity index is 2.06. The van der Waals surface area contributed by atoms with Crippen molar-refractivity contribution in [2.24, 2.45) is 29.6 Å². The van der Waals surface area contributed by atoms with E-state index in [-0.39, 0.29) is 48.8 Å². The number of hydrogen-bond donors (Lipinski definition) is 3. The van der Waals surface area contributed by atoms with Gasteiger partial charge in [-0.1, -0.05) is 13.8 Å². The first-order chi connectivity index (χ1) is 9.04. The van der Waals surface area contributed by atoms with Crippen molar-refractivity contribution in [2.45, 2.75) is 38.9 Å². The second kappa shape index (κ2) is 5.77. The summed E-state index contributed by atoms with van der Waals surface area (Å²) < 4.78 is 5.45. The summed E-state index contributed by atoms with van der Waals surface area (Å²) in [6.07, 6.45) is 0.193. The van der Waals surface area contributed by atoms with Gasteiger partial charge in [0.25, 0.3) is 0 Å². The molecule has 2 aliphatic carbocycles. The van der Waals surface area contributed by atoms with Gasteiger partial charge in [0.2, 0.25) is 0 Å². The molecule has 2 rings (SSSR count). The van der Waals surface area contributed by atoms with Gasteiger partial charge in [-0.05, 0) is 30.6 Å². The number of ether oxygens (including phenoxy) is 1. The highest BCUT2D eigenvalue weighted by Gasteiger charge is 2.58. The average molecular weight is 272 g/mol. The van der Waals surface area contributed by atoms with E-state index in [2.05, 4.69) is 0 Å². The molecule has 3 N–H and O–H groups in total. The van der Waals surface area contributed by atoms with Crippen LogP contribution in [0.5, 0.6) is 0 Å². The standard InChI is InChI=1S/C14H24O5/c1-3-7(2)14(18)19-13-9-4-8(12(13)17)10(5-15)11(9)6-16/h7-13,15-17H,3-6H2,1-2H3.